The van der Waals surface area contributed by atoms with Gasteiger partial charge in [0.2, 0.25) is 0 Å². The van der Waals surface area contributed by atoms with E-state index in [1.807, 2.05) is 54.6 Å². The van der Waals surface area contributed by atoms with E-state index in [0.29, 0.717) is 6.54 Å². The second kappa shape index (κ2) is 8.27. The van der Waals surface area contributed by atoms with Crippen molar-refractivity contribution in [1.82, 2.24) is 10.2 Å². The first-order valence-corrected chi connectivity index (χ1v) is 9.61. The van der Waals surface area contributed by atoms with Crippen LogP contribution in [-0.4, -0.2) is 30.6 Å². The van der Waals surface area contributed by atoms with Gasteiger partial charge in [-0.25, -0.2) is 4.79 Å². The van der Waals surface area contributed by atoms with E-state index < -0.39 is 0 Å². The zero-order chi connectivity index (χ0) is 18.5. The van der Waals surface area contributed by atoms with Gasteiger partial charge in [0.1, 0.15) is 5.76 Å². The number of nitrogens with zero attached hydrogens (tertiary/aromatic N) is 1. The topological polar surface area (TPSA) is 57.5 Å². The summed E-state index contributed by atoms with van der Waals surface area (Å²) in [6, 6.07) is 17.7. The number of hydrogen-bond donors (Lipinski definition) is 2. The summed E-state index contributed by atoms with van der Waals surface area (Å²) < 4.78 is 5.64. The number of carbonyl (C=O) groups excluding carboxylic acids is 1. The van der Waals surface area contributed by atoms with Crippen molar-refractivity contribution >= 4 is 22.5 Å². The Morgan fingerprint density at radius 3 is 2.63 bits per heavy atom. The summed E-state index contributed by atoms with van der Waals surface area (Å²) in [6.07, 6.45) is 5.36. The number of urea groups is 1. The second-order valence-electron chi connectivity index (χ2n) is 6.99. The van der Waals surface area contributed by atoms with Crippen molar-refractivity contribution in [2.45, 2.75) is 25.3 Å². The Morgan fingerprint density at radius 2 is 1.81 bits per heavy atom. The van der Waals surface area contributed by atoms with E-state index >= 15 is 0 Å². The number of hydrogen-bond acceptors (Lipinski definition) is 3. The van der Waals surface area contributed by atoms with Gasteiger partial charge in [0.05, 0.1) is 18.0 Å². The molecule has 0 spiro atoms. The molecule has 1 aliphatic heterocycles. The number of furan rings is 1. The van der Waals surface area contributed by atoms with Crippen LogP contribution in [0.15, 0.2) is 65.3 Å². The Balaban J connectivity index is 1.43. The minimum absolute atomic E-state index is 0.0681. The number of piperidine rings is 1. The van der Waals surface area contributed by atoms with Crippen molar-refractivity contribution in [1.29, 1.82) is 0 Å². The van der Waals surface area contributed by atoms with Crippen molar-refractivity contribution < 1.29 is 9.21 Å². The highest BCUT2D eigenvalue weighted by Gasteiger charge is 2.24. The molecule has 1 aliphatic rings. The number of anilines is 1. The van der Waals surface area contributed by atoms with Crippen molar-refractivity contribution in [2.75, 3.05) is 25.0 Å². The Labute approximate surface area is 159 Å². The third-order valence-electron chi connectivity index (χ3n) is 5.20. The molecule has 0 saturated carbocycles. The molecule has 1 fully saturated rings. The van der Waals surface area contributed by atoms with E-state index in [4.69, 9.17) is 4.42 Å². The van der Waals surface area contributed by atoms with Crippen LogP contribution in [0.5, 0.6) is 0 Å². The minimum Gasteiger partial charge on any atom is -0.468 e. The molecule has 1 atom stereocenters. The van der Waals surface area contributed by atoms with Crippen LogP contribution in [0.4, 0.5) is 10.5 Å². The fraction of sp³-hybridized carbons (Fsp3) is 0.318. The number of benzene rings is 2. The monoisotopic (exact) mass is 363 g/mol. The molecule has 140 valence electrons. The van der Waals surface area contributed by atoms with Crippen LogP contribution in [-0.2, 0) is 0 Å². The van der Waals surface area contributed by atoms with E-state index in [1.165, 1.54) is 19.3 Å². The molecule has 2 aromatic carbocycles. The predicted octanol–water partition coefficient (Wildman–Crippen LogP) is 4.78. The highest BCUT2D eigenvalue weighted by molar-refractivity contribution is 6.01. The fourth-order valence-electron chi connectivity index (χ4n) is 3.81. The molecular weight excluding hydrogens is 338 g/mol. The molecule has 3 aromatic rings. The lowest BCUT2D eigenvalue weighted by Crippen LogP contribution is -2.41. The Bertz CT molecular complexity index is 880. The van der Waals surface area contributed by atoms with Gasteiger partial charge in [0.25, 0.3) is 0 Å². The average Bonchev–Trinajstić information content (AvgIpc) is 3.24. The van der Waals surface area contributed by atoms with Gasteiger partial charge in [-0.3, -0.25) is 4.90 Å². The number of rotatable bonds is 5. The van der Waals surface area contributed by atoms with E-state index in [-0.39, 0.29) is 12.1 Å². The smallest absolute Gasteiger partial charge is 0.319 e. The summed E-state index contributed by atoms with van der Waals surface area (Å²) in [5.41, 5.74) is 0.818. The van der Waals surface area contributed by atoms with Gasteiger partial charge in [0, 0.05) is 11.9 Å². The molecule has 2 N–H and O–H groups in total. The summed E-state index contributed by atoms with van der Waals surface area (Å²) in [6.45, 7) is 2.60. The molecule has 5 heteroatoms. The molecule has 1 saturated heterocycles. The average molecular weight is 363 g/mol. The fourth-order valence-corrected chi connectivity index (χ4v) is 3.81. The molecule has 0 aliphatic carbocycles. The number of likely N-dealkylation sites (tertiary alicyclic amines) is 1. The van der Waals surface area contributed by atoms with Gasteiger partial charge in [-0.05, 0) is 49.5 Å². The zero-order valence-electron chi connectivity index (χ0n) is 15.4. The summed E-state index contributed by atoms with van der Waals surface area (Å²) in [5.74, 6) is 0.905. The van der Waals surface area contributed by atoms with Gasteiger partial charge in [-0.2, -0.15) is 0 Å². The molecule has 2 heterocycles. The quantitative estimate of drug-likeness (QED) is 0.686. The summed E-state index contributed by atoms with van der Waals surface area (Å²) >= 11 is 0. The maximum Gasteiger partial charge on any atom is 0.319 e. The van der Waals surface area contributed by atoms with Crippen molar-refractivity contribution in [3.63, 3.8) is 0 Å². The zero-order valence-corrected chi connectivity index (χ0v) is 15.4. The molecule has 1 unspecified atom stereocenters. The highest BCUT2D eigenvalue weighted by atomic mass is 16.3. The molecule has 0 bridgehead atoms. The summed E-state index contributed by atoms with van der Waals surface area (Å²) in [5, 5.41) is 8.16. The maximum atomic E-state index is 12.5. The molecule has 2 amide bonds. The number of carbonyl (C=O) groups is 1. The molecule has 1 aromatic heterocycles. The highest BCUT2D eigenvalue weighted by Crippen LogP contribution is 2.25. The van der Waals surface area contributed by atoms with Crippen LogP contribution >= 0.6 is 0 Å². The lowest BCUT2D eigenvalue weighted by molar-refractivity contribution is 0.144. The largest absolute Gasteiger partial charge is 0.468 e. The Kier molecular flexibility index (Phi) is 5.39. The first kappa shape index (κ1) is 17.6. The lowest BCUT2D eigenvalue weighted by atomic mass is 10.1. The number of amides is 2. The predicted molar refractivity (Wildman–Crippen MR) is 108 cm³/mol. The van der Waals surface area contributed by atoms with Crippen LogP contribution in [0.3, 0.4) is 0 Å². The van der Waals surface area contributed by atoms with E-state index in [2.05, 4.69) is 15.5 Å². The lowest BCUT2D eigenvalue weighted by Gasteiger charge is -2.33. The van der Waals surface area contributed by atoms with Crippen LogP contribution < -0.4 is 10.6 Å². The van der Waals surface area contributed by atoms with Crippen molar-refractivity contribution in [2.24, 2.45) is 0 Å². The van der Waals surface area contributed by atoms with Gasteiger partial charge in [0.15, 0.2) is 0 Å². The second-order valence-corrected chi connectivity index (χ2v) is 6.99. The summed E-state index contributed by atoms with van der Waals surface area (Å²) in [4.78, 5) is 14.9. The van der Waals surface area contributed by atoms with E-state index in [0.717, 1.165) is 35.3 Å². The van der Waals surface area contributed by atoms with Gasteiger partial charge in [-0.1, -0.05) is 42.8 Å². The van der Waals surface area contributed by atoms with Crippen molar-refractivity contribution in [3.8, 4) is 0 Å². The van der Waals surface area contributed by atoms with Crippen molar-refractivity contribution in [3.05, 3.63) is 66.6 Å². The minimum atomic E-state index is -0.195. The molecule has 0 radical (unpaired) electrons. The maximum absolute atomic E-state index is 12.5. The normalized spacial score (nSPS) is 16.1. The van der Waals surface area contributed by atoms with E-state index in [1.54, 1.807) is 6.26 Å². The van der Waals surface area contributed by atoms with Crippen LogP contribution in [0.2, 0.25) is 0 Å². The molecule has 4 rings (SSSR count). The van der Waals surface area contributed by atoms with Gasteiger partial charge in [-0.15, -0.1) is 0 Å². The van der Waals surface area contributed by atoms with Crippen LogP contribution in [0, 0.1) is 0 Å². The van der Waals surface area contributed by atoms with Gasteiger partial charge < -0.3 is 15.1 Å². The third-order valence-corrected chi connectivity index (χ3v) is 5.20. The molecule has 5 nitrogen and oxygen atoms in total. The molecular formula is C22H25N3O2. The third kappa shape index (κ3) is 4.14. The Hall–Kier alpha value is -2.79. The van der Waals surface area contributed by atoms with E-state index in [9.17, 15) is 4.79 Å². The van der Waals surface area contributed by atoms with Gasteiger partial charge >= 0.3 is 6.03 Å². The van der Waals surface area contributed by atoms with Crippen LogP contribution in [0.25, 0.3) is 10.8 Å². The number of nitrogens with one attached hydrogen (secondary N) is 2. The Morgan fingerprint density at radius 1 is 1.00 bits per heavy atom. The standard InChI is InChI=1S/C22H25N3O2/c26-22(24-19-11-6-9-17-8-2-3-10-18(17)19)23-16-20(21-12-7-15-27-21)25-13-4-1-5-14-25/h2-3,6-12,15,20H,1,4-5,13-14,16H2,(H2,23,24,26). The first-order chi connectivity index (χ1) is 13.3. The summed E-state index contributed by atoms with van der Waals surface area (Å²) in [7, 11) is 0. The number of fused-ring (bicyclic) bond motifs is 1. The molecule has 27 heavy (non-hydrogen) atoms. The van der Waals surface area contributed by atoms with Crippen LogP contribution in [0.1, 0.15) is 31.1 Å². The SMILES string of the molecule is O=C(NCC(c1ccco1)N1CCCCC1)Nc1cccc2ccccc12. The first-order valence-electron chi connectivity index (χ1n) is 9.61.